The van der Waals surface area contributed by atoms with Crippen LogP contribution in [0.2, 0.25) is 0 Å². The highest BCUT2D eigenvalue weighted by Gasteiger charge is 2.24. The molecule has 4 rings (SSSR count). The number of nitrogens with zero attached hydrogens (tertiary/aromatic N) is 5. The van der Waals surface area contributed by atoms with Gasteiger partial charge in [0.1, 0.15) is 11.5 Å². The molecule has 7 nitrogen and oxygen atoms in total. The van der Waals surface area contributed by atoms with Crippen LogP contribution in [0.5, 0.6) is 0 Å². The van der Waals surface area contributed by atoms with Gasteiger partial charge in [-0.1, -0.05) is 24.3 Å². The van der Waals surface area contributed by atoms with Crippen molar-refractivity contribution in [2.24, 2.45) is 0 Å². The molecule has 0 aliphatic carbocycles. The van der Waals surface area contributed by atoms with Crippen LogP contribution in [0.15, 0.2) is 60.8 Å². The second-order valence-corrected chi connectivity index (χ2v) is 6.68. The molecule has 1 amide bonds. The fourth-order valence-corrected chi connectivity index (χ4v) is 3.23. The van der Waals surface area contributed by atoms with Gasteiger partial charge in [0.05, 0.1) is 0 Å². The van der Waals surface area contributed by atoms with Gasteiger partial charge in [0.25, 0.3) is 5.91 Å². The van der Waals surface area contributed by atoms with Gasteiger partial charge in [0.2, 0.25) is 5.95 Å². The molecule has 28 heavy (non-hydrogen) atoms. The minimum atomic E-state index is -0.0673. The van der Waals surface area contributed by atoms with E-state index in [0.717, 1.165) is 30.3 Å². The lowest BCUT2D eigenvalue weighted by Gasteiger charge is -2.35. The van der Waals surface area contributed by atoms with Crippen molar-refractivity contribution in [2.75, 3.05) is 36.4 Å². The van der Waals surface area contributed by atoms with Gasteiger partial charge in [-0.05, 0) is 37.3 Å². The van der Waals surface area contributed by atoms with Crippen molar-refractivity contribution in [3.05, 3.63) is 72.2 Å². The van der Waals surface area contributed by atoms with Crippen LogP contribution in [0, 0.1) is 6.92 Å². The molecule has 142 valence electrons. The summed E-state index contributed by atoms with van der Waals surface area (Å²) in [6.45, 7) is 4.65. The Balaban J connectivity index is 1.45. The molecule has 0 atom stereocenters. The Bertz CT molecular complexity index is 940. The summed E-state index contributed by atoms with van der Waals surface area (Å²) < 4.78 is 0. The second kappa shape index (κ2) is 8.04. The van der Waals surface area contributed by atoms with Crippen LogP contribution in [0.1, 0.15) is 16.2 Å². The lowest BCUT2D eigenvalue weighted by atomic mass is 10.2. The number of hydrogen-bond donors (Lipinski definition) is 1. The first-order chi connectivity index (χ1) is 13.7. The minimum Gasteiger partial charge on any atom is -0.353 e. The van der Waals surface area contributed by atoms with Crippen LogP contribution >= 0.6 is 0 Å². The molecule has 1 fully saturated rings. The van der Waals surface area contributed by atoms with E-state index in [1.165, 1.54) is 0 Å². The average Bonchev–Trinajstić information content (AvgIpc) is 2.74. The monoisotopic (exact) mass is 374 g/mol. The third-order valence-corrected chi connectivity index (χ3v) is 4.64. The SMILES string of the molecule is Cc1cc(C(=O)N2CCN(c3ccccn3)CC2)nc(Nc2ccccc2)n1. The predicted molar refractivity (Wildman–Crippen MR) is 109 cm³/mol. The zero-order valence-electron chi connectivity index (χ0n) is 15.7. The van der Waals surface area contributed by atoms with Crippen LogP contribution < -0.4 is 10.2 Å². The number of rotatable bonds is 4. The van der Waals surface area contributed by atoms with Crippen molar-refractivity contribution in [3.8, 4) is 0 Å². The summed E-state index contributed by atoms with van der Waals surface area (Å²) in [6, 6.07) is 17.3. The molecule has 1 aromatic carbocycles. The Morgan fingerprint density at radius 2 is 1.71 bits per heavy atom. The van der Waals surface area contributed by atoms with Gasteiger partial charge in [-0.2, -0.15) is 0 Å². The maximum atomic E-state index is 13.0. The summed E-state index contributed by atoms with van der Waals surface area (Å²) in [5, 5.41) is 3.16. The van der Waals surface area contributed by atoms with Gasteiger partial charge in [-0.3, -0.25) is 4.79 Å². The number of amides is 1. The number of carbonyl (C=O) groups is 1. The maximum Gasteiger partial charge on any atom is 0.272 e. The van der Waals surface area contributed by atoms with Gasteiger partial charge in [0, 0.05) is 43.8 Å². The summed E-state index contributed by atoms with van der Waals surface area (Å²) in [6.07, 6.45) is 1.79. The molecule has 1 aliphatic rings. The Hall–Kier alpha value is -3.48. The van der Waals surface area contributed by atoms with Crippen LogP contribution in [0.4, 0.5) is 17.5 Å². The zero-order chi connectivity index (χ0) is 19.3. The molecule has 3 heterocycles. The van der Waals surface area contributed by atoms with Crippen molar-refractivity contribution < 1.29 is 4.79 Å². The van der Waals surface area contributed by atoms with E-state index < -0.39 is 0 Å². The van der Waals surface area contributed by atoms with E-state index in [2.05, 4.69) is 25.2 Å². The summed E-state index contributed by atoms with van der Waals surface area (Å²) in [4.78, 5) is 30.2. The number of carbonyl (C=O) groups excluding carboxylic acids is 1. The van der Waals surface area contributed by atoms with Crippen LogP contribution in [0.25, 0.3) is 0 Å². The smallest absolute Gasteiger partial charge is 0.272 e. The van der Waals surface area contributed by atoms with Gasteiger partial charge in [-0.25, -0.2) is 15.0 Å². The Morgan fingerprint density at radius 3 is 2.43 bits per heavy atom. The molecule has 1 aliphatic heterocycles. The predicted octanol–water partition coefficient (Wildman–Crippen LogP) is 2.89. The highest BCUT2D eigenvalue weighted by molar-refractivity contribution is 5.93. The molecule has 7 heteroatoms. The molecule has 0 spiro atoms. The number of aromatic nitrogens is 3. The quantitative estimate of drug-likeness (QED) is 0.757. The first-order valence-electron chi connectivity index (χ1n) is 9.32. The number of nitrogens with one attached hydrogen (secondary N) is 1. The Kier molecular flexibility index (Phi) is 5.14. The van der Waals surface area contributed by atoms with Crippen LogP contribution in [-0.4, -0.2) is 51.9 Å². The lowest BCUT2D eigenvalue weighted by molar-refractivity contribution is 0.0740. The zero-order valence-corrected chi connectivity index (χ0v) is 15.7. The van der Waals surface area contributed by atoms with Crippen molar-refractivity contribution in [1.29, 1.82) is 0 Å². The summed E-state index contributed by atoms with van der Waals surface area (Å²) in [5.41, 5.74) is 2.05. The topological polar surface area (TPSA) is 74.2 Å². The number of aryl methyl sites for hydroxylation is 1. The Morgan fingerprint density at radius 1 is 0.964 bits per heavy atom. The molecule has 0 unspecified atom stereocenters. The van der Waals surface area contributed by atoms with Crippen molar-refractivity contribution in [3.63, 3.8) is 0 Å². The lowest BCUT2D eigenvalue weighted by Crippen LogP contribution is -2.49. The summed E-state index contributed by atoms with van der Waals surface area (Å²) in [7, 11) is 0. The first kappa shape index (κ1) is 17.9. The van der Waals surface area contributed by atoms with Crippen LogP contribution in [0.3, 0.4) is 0 Å². The summed E-state index contributed by atoms with van der Waals surface area (Å²) in [5.74, 6) is 1.31. The number of pyridine rings is 1. The number of benzene rings is 1. The van der Waals surface area contributed by atoms with E-state index >= 15 is 0 Å². The fraction of sp³-hybridized carbons (Fsp3) is 0.238. The van der Waals surface area contributed by atoms with E-state index in [9.17, 15) is 4.79 Å². The molecule has 3 aromatic rings. The van der Waals surface area contributed by atoms with Gasteiger partial charge < -0.3 is 15.1 Å². The third kappa shape index (κ3) is 4.09. The maximum absolute atomic E-state index is 13.0. The number of hydrogen-bond acceptors (Lipinski definition) is 6. The normalized spacial score (nSPS) is 14.0. The Labute approximate surface area is 164 Å². The number of anilines is 3. The van der Waals surface area contributed by atoms with E-state index in [1.807, 2.05) is 60.4 Å². The molecule has 2 aromatic heterocycles. The van der Waals surface area contributed by atoms with Gasteiger partial charge in [-0.15, -0.1) is 0 Å². The fourth-order valence-electron chi connectivity index (χ4n) is 3.23. The first-order valence-corrected chi connectivity index (χ1v) is 9.32. The van der Waals surface area contributed by atoms with Crippen molar-refractivity contribution in [1.82, 2.24) is 19.9 Å². The highest BCUT2D eigenvalue weighted by Crippen LogP contribution is 2.17. The summed E-state index contributed by atoms with van der Waals surface area (Å²) >= 11 is 0. The highest BCUT2D eigenvalue weighted by atomic mass is 16.2. The van der Waals surface area contributed by atoms with E-state index in [4.69, 9.17) is 0 Å². The van der Waals surface area contributed by atoms with Crippen molar-refractivity contribution in [2.45, 2.75) is 6.92 Å². The average molecular weight is 374 g/mol. The molecule has 0 bridgehead atoms. The van der Waals surface area contributed by atoms with Gasteiger partial charge >= 0.3 is 0 Å². The van der Waals surface area contributed by atoms with Gasteiger partial charge in [0.15, 0.2) is 0 Å². The van der Waals surface area contributed by atoms with E-state index in [1.54, 1.807) is 12.3 Å². The second-order valence-electron chi connectivity index (χ2n) is 6.68. The molecular formula is C21H22N6O. The molecule has 1 saturated heterocycles. The molecule has 1 N–H and O–H groups in total. The number of para-hydroxylation sites is 1. The minimum absolute atomic E-state index is 0.0673. The largest absolute Gasteiger partial charge is 0.353 e. The molecule has 0 radical (unpaired) electrons. The standard InChI is InChI=1S/C21H22N6O/c1-16-15-18(25-21(23-16)24-17-7-3-2-4-8-17)20(28)27-13-11-26(12-14-27)19-9-5-6-10-22-19/h2-10,15H,11-14H2,1H3,(H,23,24,25). The van der Waals surface area contributed by atoms with Crippen molar-refractivity contribution >= 4 is 23.4 Å². The third-order valence-electron chi connectivity index (χ3n) is 4.64. The molecular weight excluding hydrogens is 352 g/mol. The number of piperazine rings is 1. The van der Waals surface area contributed by atoms with E-state index in [-0.39, 0.29) is 5.91 Å². The molecule has 0 saturated carbocycles. The van der Waals surface area contributed by atoms with E-state index in [0.29, 0.717) is 24.7 Å². The van der Waals surface area contributed by atoms with Crippen LogP contribution in [-0.2, 0) is 0 Å².